The molecular weight excluding hydrogens is 952 g/mol. The fourth-order valence-electron chi connectivity index (χ4n) is 9.27. The maximum atomic E-state index is 15.2. The summed E-state index contributed by atoms with van der Waals surface area (Å²) in [5, 5.41) is 19.2. The van der Waals surface area contributed by atoms with Gasteiger partial charge in [0.1, 0.15) is 24.0 Å². The molecule has 13 nitrogen and oxygen atoms in total. The van der Waals surface area contributed by atoms with Crippen molar-refractivity contribution < 1.29 is 38.0 Å². The number of thioether (sulfide) groups is 1. The van der Waals surface area contributed by atoms with Crippen molar-refractivity contribution in [2.24, 2.45) is 13.0 Å². The fourth-order valence-corrected chi connectivity index (χ4v) is 18.9. The Balaban J connectivity index is 1.24. The second-order valence-corrected chi connectivity index (χ2v) is 26.8. The molecular formula is C55H53N4O9PSSi. The van der Waals surface area contributed by atoms with Crippen LogP contribution in [0.15, 0.2) is 188 Å². The maximum absolute atomic E-state index is 15.2. The molecule has 4 atom stereocenters. The molecule has 1 aliphatic rings. The lowest BCUT2D eigenvalue weighted by molar-refractivity contribution is -0.574. The van der Waals surface area contributed by atoms with E-state index in [4.69, 9.17) is 13.9 Å². The highest BCUT2D eigenvalue weighted by atomic mass is 32.2. The average molecular weight is 1010 g/mol. The molecule has 6 aromatic carbocycles. The number of β-lactam (4-membered cyclic amide) rings is 1. The van der Waals surface area contributed by atoms with E-state index in [9.17, 15) is 24.5 Å². The van der Waals surface area contributed by atoms with Crippen LogP contribution in [-0.2, 0) is 35.3 Å². The van der Waals surface area contributed by atoms with Gasteiger partial charge in [0.25, 0.3) is 8.32 Å². The van der Waals surface area contributed by atoms with Crippen LogP contribution in [0.2, 0.25) is 5.04 Å². The van der Waals surface area contributed by atoms with Gasteiger partial charge in [-0.1, -0.05) is 184 Å². The Kier molecular flexibility index (Phi) is 15.2. The minimum atomic E-state index is -3.18. The number of aryl methyl sites for hydroxylation is 1. The average Bonchev–Trinajstić information content (AvgIpc) is 3.82. The zero-order valence-electron chi connectivity index (χ0n) is 39.8. The predicted octanol–water partition coefficient (Wildman–Crippen LogP) is 7.53. The van der Waals surface area contributed by atoms with Crippen LogP contribution in [0.1, 0.15) is 61.5 Å². The summed E-state index contributed by atoms with van der Waals surface area (Å²) in [7, 11) is -1.45. The number of benzene rings is 6. The first kappa shape index (κ1) is 50.2. The van der Waals surface area contributed by atoms with Crippen LogP contribution in [0.25, 0.3) is 0 Å². The highest BCUT2D eigenvalue weighted by molar-refractivity contribution is 8.14. The molecule has 0 saturated carbocycles. The number of aromatic nitrogens is 2. The molecule has 0 N–H and O–H groups in total. The van der Waals surface area contributed by atoms with Crippen LogP contribution in [-0.4, -0.2) is 68.8 Å². The largest absolute Gasteiger partial charge is 0.457 e. The molecule has 0 spiro atoms. The quantitative estimate of drug-likeness (QED) is 0.0169. The van der Waals surface area contributed by atoms with E-state index in [-0.39, 0.29) is 28.8 Å². The molecule has 362 valence electrons. The van der Waals surface area contributed by atoms with Crippen molar-refractivity contribution in [2.75, 3.05) is 6.61 Å². The monoisotopic (exact) mass is 1000 g/mol. The van der Waals surface area contributed by atoms with Gasteiger partial charge in [-0.25, -0.2) is 4.79 Å². The Morgan fingerprint density at radius 2 is 1.24 bits per heavy atom. The van der Waals surface area contributed by atoms with Gasteiger partial charge in [0.15, 0.2) is 0 Å². The smallest absolute Gasteiger partial charge is 0.383 e. The van der Waals surface area contributed by atoms with Gasteiger partial charge in [-0.3, -0.25) is 29.2 Å². The normalized spacial score (nSPS) is 15.7. The van der Waals surface area contributed by atoms with Crippen LogP contribution in [0, 0.1) is 16.0 Å². The molecule has 1 fully saturated rings. The third kappa shape index (κ3) is 10.4. The number of rotatable bonds is 17. The molecule has 0 aliphatic carbocycles. The lowest BCUT2D eigenvalue weighted by Gasteiger charge is -2.48. The second-order valence-electron chi connectivity index (χ2n) is 18.1. The standard InChI is InChI=1S/C55H53N4O9PSSi/c1-39(60)67-50(42-35-56-57(5)36-42)49-51(62)58(53(49)70-48(61)37-66-71(55(2,3)4,46-27-17-9-18-28-46)47-29-19-10-20-30-47)38-69(43-23-13-7-14-24-43,44-25-15-8-16-26-44)45-33-31-41(32-34-45)54(63)68-52(59(64)65)40-21-11-6-12-22-40/h6-36,38,49-50,52-53H,37H2,1-5H3. The van der Waals surface area contributed by atoms with Gasteiger partial charge >= 0.3 is 18.2 Å². The maximum Gasteiger partial charge on any atom is 0.383 e. The summed E-state index contributed by atoms with van der Waals surface area (Å²) in [6.45, 7) is 4.30. The summed E-state index contributed by atoms with van der Waals surface area (Å²) < 4.78 is 20.1. The highest BCUT2D eigenvalue weighted by Gasteiger charge is 2.56. The Labute approximate surface area is 418 Å². The van der Waals surface area contributed by atoms with Gasteiger partial charge in [0, 0.05) is 31.7 Å². The van der Waals surface area contributed by atoms with E-state index < -0.39 is 60.7 Å². The predicted molar refractivity (Wildman–Crippen MR) is 281 cm³/mol. The van der Waals surface area contributed by atoms with Gasteiger partial charge in [-0.05, 0) is 62.5 Å². The molecule has 2 heterocycles. The molecule has 0 bridgehead atoms. The first-order chi connectivity index (χ1) is 34.1. The summed E-state index contributed by atoms with van der Waals surface area (Å²) >= 11 is 0.959. The van der Waals surface area contributed by atoms with Crippen LogP contribution in [0.3, 0.4) is 0 Å². The summed E-state index contributed by atoms with van der Waals surface area (Å²) in [6, 6.07) is 54.0. The fraction of sp³-hybridized carbons (Fsp3) is 0.200. The van der Waals surface area contributed by atoms with E-state index >= 15 is 4.79 Å². The van der Waals surface area contributed by atoms with E-state index in [1.54, 1.807) is 71.5 Å². The van der Waals surface area contributed by atoms with Crippen LogP contribution in [0.5, 0.6) is 0 Å². The third-order valence-electron chi connectivity index (χ3n) is 12.5. The third-order valence-corrected chi connectivity index (χ3v) is 22.6. The van der Waals surface area contributed by atoms with Crippen LogP contribution < -0.4 is 26.3 Å². The molecule has 16 heteroatoms. The molecule has 0 radical (unpaired) electrons. The van der Waals surface area contributed by atoms with Gasteiger partial charge in [-0.15, -0.1) is 0 Å². The summed E-state index contributed by atoms with van der Waals surface area (Å²) in [5.74, 6) is -1.00. The molecule has 4 unspecified atom stereocenters. The van der Waals surface area contributed by atoms with Gasteiger partial charge < -0.3 is 18.8 Å². The highest BCUT2D eigenvalue weighted by Crippen LogP contribution is 2.50. The zero-order valence-corrected chi connectivity index (χ0v) is 42.5. The number of esters is 2. The topological polar surface area (TPSA) is 160 Å². The SMILES string of the molecule is CC(=O)OC(c1cnn(C)c1)C1C(=O)N(C=P(c2ccccc2)(c2ccccc2)c2ccc(C(=O)OC(c3ccccc3)[N+](=O)[O-])cc2)C1SC(=O)CO[Si](c1ccccc1)(c1ccccc1)C(C)(C)C. The van der Waals surface area contributed by atoms with E-state index in [1.165, 1.54) is 19.1 Å². The number of ether oxygens (including phenoxy) is 2. The lowest BCUT2D eigenvalue weighted by atomic mass is 9.89. The van der Waals surface area contributed by atoms with Gasteiger partial charge in [0.2, 0.25) is 11.0 Å². The minimum Gasteiger partial charge on any atom is -0.457 e. The molecule has 8 rings (SSSR count). The number of hydrogen-bond donors (Lipinski definition) is 0. The van der Waals surface area contributed by atoms with Crippen molar-refractivity contribution in [3.8, 4) is 0 Å². The van der Waals surface area contributed by atoms with Gasteiger partial charge in [0.05, 0.1) is 22.2 Å². The summed E-state index contributed by atoms with van der Waals surface area (Å²) in [6.07, 6.45) is 0.422. The number of carbonyl (C=O) groups is 4. The number of likely N-dealkylation sites (tertiary alicyclic amines) is 1. The first-order valence-corrected chi connectivity index (χ1v) is 27.6. The van der Waals surface area contributed by atoms with Crippen molar-refractivity contribution in [2.45, 2.75) is 50.4 Å². The molecule has 1 saturated heterocycles. The number of nitrogens with zero attached hydrogens (tertiary/aromatic N) is 4. The molecule has 71 heavy (non-hydrogen) atoms. The van der Waals surface area contributed by atoms with Crippen molar-refractivity contribution in [3.05, 3.63) is 215 Å². The Morgan fingerprint density at radius 3 is 1.70 bits per heavy atom. The van der Waals surface area contributed by atoms with E-state index in [2.05, 4.69) is 50.1 Å². The van der Waals surface area contributed by atoms with Gasteiger partial charge in [-0.2, -0.15) is 5.10 Å². The number of hydrogen-bond acceptors (Lipinski definition) is 11. The van der Waals surface area contributed by atoms with Crippen molar-refractivity contribution in [1.82, 2.24) is 14.7 Å². The summed E-state index contributed by atoms with van der Waals surface area (Å²) in [5.41, 5.74) is 0.785. The zero-order chi connectivity index (χ0) is 50.3. The Morgan fingerprint density at radius 1 is 0.746 bits per heavy atom. The van der Waals surface area contributed by atoms with E-state index in [0.29, 0.717) is 5.56 Å². The molecule has 1 aromatic heterocycles. The molecule has 7 aromatic rings. The van der Waals surface area contributed by atoms with Crippen LogP contribution >= 0.6 is 18.6 Å². The number of carbonyl (C=O) groups excluding carboxylic acids is 4. The van der Waals surface area contributed by atoms with E-state index in [0.717, 1.165) is 38.0 Å². The van der Waals surface area contributed by atoms with Crippen LogP contribution in [0.4, 0.5) is 0 Å². The number of nitro groups is 1. The second kappa shape index (κ2) is 21.5. The Bertz CT molecular complexity index is 2980. The van der Waals surface area contributed by atoms with Crippen molar-refractivity contribution in [3.63, 3.8) is 0 Å². The van der Waals surface area contributed by atoms with E-state index in [1.807, 2.05) is 103 Å². The lowest BCUT2D eigenvalue weighted by Crippen LogP contribution is -2.67. The minimum absolute atomic E-state index is 0.0801. The van der Waals surface area contributed by atoms with Crippen molar-refractivity contribution in [1.29, 1.82) is 0 Å². The molecule has 1 amide bonds. The summed E-state index contributed by atoms with van der Waals surface area (Å²) in [4.78, 5) is 69.6. The Hall–Kier alpha value is -7.16. The first-order valence-electron chi connectivity index (χ1n) is 22.9. The van der Waals surface area contributed by atoms with Crippen molar-refractivity contribution >= 4 is 82.1 Å². The number of amides is 1. The molecule has 1 aliphatic heterocycles.